The van der Waals surface area contributed by atoms with Crippen molar-refractivity contribution in [3.63, 3.8) is 0 Å². The number of likely N-dealkylation sites (N-methyl/N-ethyl adjacent to an activating group) is 1. The van der Waals surface area contributed by atoms with E-state index < -0.39 is 22.3 Å². The number of furan rings is 1. The molecular weight excluding hydrogens is 330 g/mol. The molecular formula is C16H25N3O4S. The Bertz CT molecular complexity index is 674. The van der Waals surface area contributed by atoms with Crippen molar-refractivity contribution in [2.75, 3.05) is 13.6 Å². The van der Waals surface area contributed by atoms with Crippen LogP contribution in [0.5, 0.6) is 0 Å². The standard InChI is InChI=1S/C16H25N3O4S/c1-3-12-7-4-5-9-19(12)16(20)14-11-13(15-8-6-10-23-15)17-24(21,22)18(14)2/h6,8,10,12-14,17H,3-5,7,9,11H2,1-2H3/t12-,13-,14+/m0/s1. The third-order valence-electron chi connectivity index (χ3n) is 5.12. The predicted molar refractivity (Wildman–Crippen MR) is 89.3 cm³/mol. The van der Waals surface area contributed by atoms with Gasteiger partial charge in [0.2, 0.25) is 5.91 Å². The van der Waals surface area contributed by atoms with Gasteiger partial charge < -0.3 is 9.32 Å². The lowest BCUT2D eigenvalue weighted by Gasteiger charge is -2.42. The summed E-state index contributed by atoms with van der Waals surface area (Å²) in [6.45, 7) is 2.78. The molecule has 1 aromatic rings. The summed E-state index contributed by atoms with van der Waals surface area (Å²) in [5.41, 5.74) is 0. The van der Waals surface area contributed by atoms with E-state index in [1.54, 1.807) is 12.1 Å². The van der Waals surface area contributed by atoms with Gasteiger partial charge in [-0.25, -0.2) is 0 Å². The van der Waals surface area contributed by atoms with Crippen LogP contribution in [0.25, 0.3) is 0 Å². The van der Waals surface area contributed by atoms with E-state index in [0.717, 1.165) is 30.0 Å². The second kappa shape index (κ2) is 6.85. The molecule has 8 heteroatoms. The van der Waals surface area contributed by atoms with E-state index in [4.69, 9.17) is 4.42 Å². The fourth-order valence-electron chi connectivity index (χ4n) is 3.68. The number of hydrogen-bond donors (Lipinski definition) is 1. The van der Waals surface area contributed by atoms with E-state index in [1.807, 2.05) is 4.90 Å². The summed E-state index contributed by atoms with van der Waals surface area (Å²) in [5.74, 6) is 0.445. The molecule has 0 saturated carbocycles. The fourth-order valence-corrected chi connectivity index (χ4v) is 4.93. The van der Waals surface area contributed by atoms with Crippen LogP contribution in [-0.2, 0) is 15.0 Å². The van der Waals surface area contributed by atoms with E-state index in [0.29, 0.717) is 18.7 Å². The highest BCUT2D eigenvalue weighted by Crippen LogP contribution is 2.30. The van der Waals surface area contributed by atoms with Gasteiger partial charge >= 0.3 is 0 Å². The first-order valence-corrected chi connectivity index (χ1v) is 9.97. The lowest BCUT2D eigenvalue weighted by Crippen LogP contribution is -2.59. The quantitative estimate of drug-likeness (QED) is 0.894. The summed E-state index contributed by atoms with van der Waals surface area (Å²) in [7, 11) is -2.25. The summed E-state index contributed by atoms with van der Waals surface area (Å²) in [6, 6.07) is 2.45. The number of nitrogens with one attached hydrogen (secondary N) is 1. The highest BCUT2D eigenvalue weighted by atomic mass is 32.2. The molecule has 2 aliphatic rings. The number of likely N-dealkylation sites (tertiary alicyclic amines) is 1. The van der Waals surface area contributed by atoms with E-state index in [2.05, 4.69) is 11.6 Å². The molecule has 0 aromatic carbocycles. The van der Waals surface area contributed by atoms with Crippen molar-refractivity contribution in [2.45, 2.75) is 57.2 Å². The SMILES string of the molecule is CC[C@H]1CCCCN1C(=O)[C@H]1C[C@@H](c2ccco2)NS(=O)(=O)N1C. The van der Waals surface area contributed by atoms with Crippen molar-refractivity contribution in [3.05, 3.63) is 24.2 Å². The molecule has 2 aliphatic heterocycles. The molecule has 3 atom stereocenters. The summed E-state index contributed by atoms with van der Waals surface area (Å²) < 4.78 is 34.0. The van der Waals surface area contributed by atoms with Crippen LogP contribution in [0.1, 0.15) is 50.8 Å². The summed E-state index contributed by atoms with van der Waals surface area (Å²) in [5, 5.41) is 0. The molecule has 7 nitrogen and oxygen atoms in total. The Morgan fingerprint density at radius 3 is 2.88 bits per heavy atom. The van der Waals surface area contributed by atoms with Crippen molar-refractivity contribution in [3.8, 4) is 0 Å². The molecule has 2 fully saturated rings. The minimum atomic E-state index is -3.72. The minimum absolute atomic E-state index is 0.0920. The van der Waals surface area contributed by atoms with Crippen molar-refractivity contribution in [1.82, 2.24) is 13.9 Å². The van der Waals surface area contributed by atoms with Crippen molar-refractivity contribution >= 4 is 16.1 Å². The number of amides is 1. The van der Waals surface area contributed by atoms with E-state index in [-0.39, 0.29) is 11.9 Å². The molecule has 1 amide bonds. The maximum absolute atomic E-state index is 13.1. The molecule has 0 aliphatic carbocycles. The minimum Gasteiger partial charge on any atom is -0.468 e. The second-order valence-electron chi connectivity index (χ2n) is 6.55. The van der Waals surface area contributed by atoms with Gasteiger partial charge in [0.15, 0.2) is 0 Å². The summed E-state index contributed by atoms with van der Waals surface area (Å²) >= 11 is 0. The molecule has 24 heavy (non-hydrogen) atoms. The van der Waals surface area contributed by atoms with Gasteiger partial charge in [-0.15, -0.1) is 0 Å². The first kappa shape index (κ1) is 17.4. The molecule has 1 aromatic heterocycles. The lowest BCUT2D eigenvalue weighted by atomic mass is 9.97. The van der Waals surface area contributed by atoms with Crippen LogP contribution in [0.2, 0.25) is 0 Å². The Labute approximate surface area is 143 Å². The van der Waals surface area contributed by atoms with Gasteiger partial charge in [-0.1, -0.05) is 6.92 Å². The van der Waals surface area contributed by atoms with Gasteiger partial charge in [0.25, 0.3) is 10.2 Å². The monoisotopic (exact) mass is 355 g/mol. The van der Waals surface area contributed by atoms with E-state index in [9.17, 15) is 13.2 Å². The molecule has 0 unspecified atom stereocenters. The largest absolute Gasteiger partial charge is 0.468 e. The van der Waals surface area contributed by atoms with Gasteiger partial charge in [-0.2, -0.15) is 17.4 Å². The van der Waals surface area contributed by atoms with Crippen LogP contribution in [0, 0.1) is 0 Å². The zero-order valence-electron chi connectivity index (χ0n) is 14.1. The van der Waals surface area contributed by atoms with Gasteiger partial charge in [0.1, 0.15) is 11.8 Å². The molecule has 3 rings (SSSR count). The lowest BCUT2D eigenvalue weighted by molar-refractivity contribution is -0.139. The van der Waals surface area contributed by atoms with Crippen LogP contribution in [-0.4, -0.2) is 49.2 Å². The van der Waals surface area contributed by atoms with Crippen molar-refractivity contribution in [1.29, 1.82) is 0 Å². The fraction of sp³-hybridized carbons (Fsp3) is 0.688. The van der Waals surface area contributed by atoms with Crippen LogP contribution >= 0.6 is 0 Å². The topological polar surface area (TPSA) is 82.9 Å². The average Bonchev–Trinajstić information content (AvgIpc) is 3.11. The zero-order chi connectivity index (χ0) is 17.3. The number of nitrogens with zero attached hydrogens (tertiary/aromatic N) is 2. The first-order chi connectivity index (χ1) is 11.4. The van der Waals surface area contributed by atoms with Crippen LogP contribution in [0.15, 0.2) is 22.8 Å². The molecule has 0 bridgehead atoms. The van der Waals surface area contributed by atoms with Gasteiger partial charge in [-0.3, -0.25) is 4.79 Å². The smallest absolute Gasteiger partial charge is 0.280 e. The highest BCUT2D eigenvalue weighted by Gasteiger charge is 2.44. The van der Waals surface area contributed by atoms with Crippen LogP contribution < -0.4 is 4.72 Å². The van der Waals surface area contributed by atoms with Crippen molar-refractivity contribution in [2.24, 2.45) is 0 Å². The molecule has 0 radical (unpaired) electrons. The molecule has 1 N–H and O–H groups in total. The van der Waals surface area contributed by atoms with Crippen LogP contribution in [0.4, 0.5) is 0 Å². The number of carbonyl (C=O) groups is 1. The Balaban J connectivity index is 1.85. The second-order valence-corrected chi connectivity index (χ2v) is 8.31. The van der Waals surface area contributed by atoms with Crippen molar-refractivity contribution < 1.29 is 17.6 Å². The normalized spacial score (nSPS) is 31.1. The predicted octanol–water partition coefficient (Wildman–Crippen LogP) is 1.65. The maximum Gasteiger partial charge on any atom is 0.280 e. The number of hydrogen-bond acceptors (Lipinski definition) is 4. The van der Waals surface area contributed by atoms with E-state index in [1.165, 1.54) is 13.3 Å². The molecule has 3 heterocycles. The maximum atomic E-state index is 13.1. The zero-order valence-corrected chi connectivity index (χ0v) is 15.0. The van der Waals surface area contributed by atoms with Crippen LogP contribution in [0.3, 0.4) is 0 Å². The van der Waals surface area contributed by atoms with E-state index >= 15 is 0 Å². The number of rotatable bonds is 3. The van der Waals surface area contributed by atoms with Gasteiger partial charge in [0, 0.05) is 19.6 Å². The van der Waals surface area contributed by atoms with Gasteiger partial charge in [0.05, 0.1) is 12.3 Å². The summed E-state index contributed by atoms with van der Waals surface area (Å²) in [4.78, 5) is 15.0. The Morgan fingerprint density at radius 2 is 2.21 bits per heavy atom. The molecule has 2 saturated heterocycles. The number of carbonyl (C=O) groups excluding carboxylic acids is 1. The van der Waals surface area contributed by atoms with Gasteiger partial charge in [-0.05, 0) is 44.2 Å². The molecule has 0 spiro atoms. The Kier molecular flexibility index (Phi) is 4.98. The summed E-state index contributed by atoms with van der Waals surface area (Å²) in [6.07, 6.45) is 5.87. The highest BCUT2D eigenvalue weighted by molar-refractivity contribution is 7.87. The average molecular weight is 355 g/mol. The Hall–Kier alpha value is -1.38. The number of piperidine rings is 1. The first-order valence-electron chi connectivity index (χ1n) is 8.53. The third kappa shape index (κ3) is 3.22. The third-order valence-corrected chi connectivity index (χ3v) is 6.72. The Morgan fingerprint density at radius 1 is 1.42 bits per heavy atom. The molecule has 134 valence electrons.